The van der Waals surface area contributed by atoms with Crippen molar-refractivity contribution in [2.24, 2.45) is 5.10 Å². The van der Waals surface area contributed by atoms with Gasteiger partial charge in [0.1, 0.15) is 5.75 Å². The predicted molar refractivity (Wildman–Crippen MR) is 104 cm³/mol. The molecule has 0 unspecified atom stereocenters. The van der Waals surface area contributed by atoms with Crippen molar-refractivity contribution < 1.29 is 14.3 Å². The van der Waals surface area contributed by atoms with E-state index in [9.17, 15) is 9.59 Å². The Labute approximate surface area is 158 Å². The lowest BCUT2D eigenvalue weighted by Gasteiger charge is -2.05. The van der Waals surface area contributed by atoms with E-state index >= 15 is 0 Å². The largest absolute Gasteiger partial charge is 0.426 e. The first-order valence-corrected chi connectivity index (χ1v) is 8.62. The van der Waals surface area contributed by atoms with Crippen LogP contribution in [0.2, 0.25) is 0 Å². The Morgan fingerprint density at radius 2 is 1.81 bits per heavy atom. The number of carbonyl (C=O) groups excluding carboxylic acids is 2. The van der Waals surface area contributed by atoms with Crippen LogP contribution in [0, 0.1) is 0 Å². The second kappa shape index (κ2) is 7.93. The maximum atomic E-state index is 12.2. The highest BCUT2D eigenvalue weighted by Gasteiger charge is 2.06. The van der Waals surface area contributed by atoms with Gasteiger partial charge in [-0.3, -0.25) is 9.59 Å². The van der Waals surface area contributed by atoms with Crippen LogP contribution >= 0.6 is 15.9 Å². The molecule has 5 nitrogen and oxygen atoms in total. The molecule has 1 N–H and O–H groups in total. The van der Waals surface area contributed by atoms with Crippen LogP contribution < -0.4 is 10.2 Å². The molecule has 0 fully saturated rings. The van der Waals surface area contributed by atoms with E-state index in [0.29, 0.717) is 15.8 Å². The number of amides is 1. The van der Waals surface area contributed by atoms with Crippen LogP contribution in [0.3, 0.4) is 0 Å². The molecule has 0 heterocycles. The van der Waals surface area contributed by atoms with Gasteiger partial charge in [0.25, 0.3) is 5.91 Å². The molecule has 0 radical (unpaired) electrons. The zero-order chi connectivity index (χ0) is 18.5. The van der Waals surface area contributed by atoms with Crippen LogP contribution in [0.4, 0.5) is 0 Å². The lowest BCUT2D eigenvalue weighted by molar-refractivity contribution is -0.131. The highest BCUT2D eigenvalue weighted by atomic mass is 79.9. The molecule has 130 valence electrons. The zero-order valence-electron chi connectivity index (χ0n) is 13.9. The number of hydrogen-bond acceptors (Lipinski definition) is 4. The van der Waals surface area contributed by atoms with E-state index in [1.807, 2.05) is 36.4 Å². The number of hydrazone groups is 1. The minimum atomic E-state index is -0.394. The predicted octanol–water partition coefficient (Wildman–Crippen LogP) is 4.29. The van der Waals surface area contributed by atoms with Crippen molar-refractivity contribution in [1.82, 2.24) is 5.43 Å². The zero-order valence-corrected chi connectivity index (χ0v) is 15.5. The Bertz CT molecular complexity index is 1010. The quantitative estimate of drug-likeness (QED) is 0.302. The third-order valence-electron chi connectivity index (χ3n) is 3.60. The number of ether oxygens (including phenoxy) is 1. The first-order chi connectivity index (χ1) is 12.5. The van der Waals surface area contributed by atoms with Crippen molar-refractivity contribution in [2.75, 3.05) is 0 Å². The van der Waals surface area contributed by atoms with Crippen LogP contribution in [-0.2, 0) is 4.79 Å². The van der Waals surface area contributed by atoms with Gasteiger partial charge in [0.05, 0.1) is 10.7 Å². The summed E-state index contributed by atoms with van der Waals surface area (Å²) in [5, 5.41) is 6.05. The van der Waals surface area contributed by atoms with E-state index in [2.05, 4.69) is 26.5 Å². The summed E-state index contributed by atoms with van der Waals surface area (Å²) in [7, 11) is 0. The molecule has 0 spiro atoms. The second-order valence-corrected chi connectivity index (χ2v) is 6.40. The van der Waals surface area contributed by atoms with Gasteiger partial charge >= 0.3 is 5.97 Å². The van der Waals surface area contributed by atoms with E-state index in [0.717, 1.165) is 16.3 Å². The topological polar surface area (TPSA) is 67.8 Å². The van der Waals surface area contributed by atoms with Crippen LogP contribution in [-0.4, -0.2) is 18.1 Å². The molecule has 0 aromatic heterocycles. The van der Waals surface area contributed by atoms with Gasteiger partial charge in [-0.05, 0) is 62.6 Å². The third-order valence-corrected chi connectivity index (χ3v) is 4.22. The summed E-state index contributed by atoms with van der Waals surface area (Å²) >= 11 is 3.33. The fourth-order valence-corrected chi connectivity index (χ4v) is 2.87. The molecule has 3 rings (SSSR count). The second-order valence-electron chi connectivity index (χ2n) is 5.54. The lowest BCUT2D eigenvalue weighted by atomic mass is 10.1. The molecule has 3 aromatic rings. The maximum Gasteiger partial charge on any atom is 0.308 e. The van der Waals surface area contributed by atoms with Gasteiger partial charge in [-0.1, -0.05) is 30.3 Å². The Kier molecular flexibility index (Phi) is 5.43. The molecule has 1 amide bonds. The maximum absolute atomic E-state index is 12.2. The summed E-state index contributed by atoms with van der Waals surface area (Å²) in [5.41, 5.74) is 3.78. The fourth-order valence-electron chi connectivity index (χ4n) is 2.40. The minimum Gasteiger partial charge on any atom is -0.426 e. The number of nitrogens with one attached hydrogen (secondary N) is 1. The molecule has 6 heteroatoms. The molecule has 0 aliphatic carbocycles. The van der Waals surface area contributed by atoms with Crippen LogP contribution in [0.1, 0.15) is 22.8 Å². The summed E-state index contributed by atoms with van der Waals surface area (Å²) < 4.78 is 5.66. The first-order valence-electron chi connectivity index (χ1n) is 7.83. The van der Waals surface area contributed by atoms with Crippen molar-refractivity contribution >= 4 is 44.8 Å². The van der Waals surface area contributed by atoms with Crippen LogP contribution in [0.25, 0.3) is 10.8 Å². The minimum absolute atomic E-state index is 0.289. The van der Waals surface area contributed by atoms with E-state index in [-0.39, 0.29) is 5.91 Å². The molecule has 0 aliphatic rings. The fraction of sp³-hybridized carbons (Fsp3) is 0.0500. The van der Waals surface area contributed by atoms with Crippen LogP contribution in [0.15, 0.2) is 70.2 Å². The summed E-state index contributed by atoms with van der Waals surface area (Å²) in [4.78, 5) is 23.2. The highest BCUT2D eigenvalue weighted by Crippen LogP contribution is 2.25. The summed E-state index contributed by atoms with van der Waals surface area (Å²) in [6, 6.07) is 18.4. The van der Waals surface area contributed by atoms with Gasteiger partial charge in [-0.2, -0.15) is 5.10 Å². The number of carbonyl (C=O) groups is 2. The number of nitrogens with zero attached hydrogens (tertiary/aromatic N) is 1. The number of halogens is 1. The molecular formula is C20H15BrN2O3. The molecule has 0 aliphatic heterocycles. The van der Waals surface area contributed by atoms with Crippen molar-refractivity contribution in [3.63, 3.8) is 0 Å². The lowest BCUT2D eigenvalue weighted by Crippen LogP contribution is -2.17. The first kappa shape index (κ1) is 17.8. The Hall–Kier alpha value is -2.99. The number of fused-ring (bicyclic) bond motifs is 1. The van der Waals surface area contributed by atoms with Crippen LogP contribution in [0.5, 0.6) is 5.75 Å². The van der Waals surface area contributed by atoms with Gasteiger partial charge < -0.3 is 4.74 Å². The summed E-state index contributed by atoms with van der Waals surface area (Å²) in [5.74, 6) is -0.257. The van der Waals surface area contributed by atoms with Crippen molar-refractivity contribution in [2.45, 2.75) is 6.92 Å². The SMILES string of the molecule is CC(=O)Oc1ccc(/C=N\NC(=O)c2ccc3ccccc3c2)cc1Br. The number of rotatable bonds is 4. The number of esters is 1. The standard InChI is InChI=1S/C20H15BrN2O3/c1-13(24)26-19-9-6-14(10-18(19)21)12-22-23-20(25)17-8-7-15-4-2-3-5-16(15)11-17/h2-12H,1H3,(H,23,25)/b22-12-. The average molecular weight is 411 g/mol. The molecule has 0 saturated heterocycles. The molecule has 26 heavy (non-hydrogen) atoms. The monoisotopic (exact) mass is 410 g/mol. The van der Waals surface area contributed by atoms with Gasteiger partial charge in [0.15, 0.2) is 0 Å². The summed E-state index contributed by atoms with van der Waals surface area (Å²) in [6.07, 6.45) is 1.52. The van der Waals surface area contributed by atoms with Crippen molar-refractivity contribution in [3.8, 4) is 5.75 Å². The average Bonchev–Trinajstić information content (AvgIpc) is 2.63. The molecule has 0 atom stereocenters. The van der Waals surface area contributed by atoms with E-state index in [1.165, 1.54) is 13.1 Å². The third kappa shape index (κ3) is 4.34. The number of hydrogen-bond donors (Lipinski definition) is 1. The summed E-state index contributed by atoms with van der Waals surface area (Å²) in [6.45, 7) is 1.34. The van der Waals surface area contributed by atoms with Crippen molar-refractivity contribution in [1.29, 1.82) is 0 Å². The highest BCUT2D eigenvalue weighted by molar-refractivity contribution is 9.10. The Balaban J connectivity index is 1.68. The van der Waals surface area contributed by atoms with Gasteiger partial charge in [-0.15, -0.1) is 0 Å². The number of benzene rings is 3. The van der Waals surface area contributed by atoms with E-state index in [4.69, 9.17) is 4.74 Å². The molecule has 0 bridgehead atoms. The van der Waals surface area contributed by atoms with Gasteiger partial charge in [0.2, 0.25) is 0 Å². The molecule has 3 aromatic carbocycles. The van der Waals surface area contributed by atoms with E-state index < -0.39 is 5.97 Å². The van der Waals surface area contributed by atoms with Gasteiger partial charge in [-0.25, -0.2) is 5.43 Å². The molecular weight excluding hydrogens is 396 g/mol. The van der Waals surface area contributed by atoms with Crippen molar-refractivity contribution in [3.05, 3.63) is 76.3 Å². The normalized spacial score (nSPS) is 10.8. The van der Waals surface area contributed by atoms with Gasteiger partial charge in [0, 0.05) is 12.5 Å². The Morgan fingerprint density at radius 3 is 2.54 bits per heavy atom. The smallest absolute Gasteiger partial charge is 0.308 e. The Morgan fingerprint density at radius 1 is 1.04 bits per heavy atom. The van der Waals surface area contributed by atoms with E-state index in [1.54, 1.807) is 24.3 Å². The molecule has 0 saturated carbocycles.